The minimum Gasteiger partial charge on any atom is -0.380 e. The highest BCUT2D eigenvalue weighted by Crippen LogP contribution is 2.11. The number of methoxy groups -OCH3 is 1. The molecule has 0 heterocycles. The molecule has 0 spiro atoms. The number of guanidine groups is 1. The van der Waals surface area contributed by atoms with Gasteiger partial charge in [-0.25, -0.2) is 4.99 Å². The minimum atomic E-state index is -0.174. The lowest BCUT2D eigenvalue weighted by Gasteiger charge is -2.14. The predicted octanol–water partition coefficient (Wildman–Crippen LogP) is 2.36. The molecule has 3 N–H and O–H groups in total. The lowest BCUT2D eigenvalue weighted by molar-refractivity contribution is 0.185. The number of ether oxygens (including phenoxy) is 1. The monoisotopic (exact) mass is 235 g/mol. The summed E-state index contributed by atoms with van der Waals surface area (Å²) in [5.74, 6) is 0.428. The van der Waals surface area contributed by atoms with Gasteiger partial charge in [-0.2, -0.15) is 0 Å². The highest BCUT2D eigenvalue weighted by Gasteiger charge is 2.07. The summed E-state index contributed by atoms with van der Waals surface area (Å²) in [5, 5.41) is 3.05. The van der Waals surface area contributed by atoms with E-state index in [0.717, 1.165) is 11.3 Å². The van der Waals surface area contributed by atoms with Gasteiger partial charge in [0.1, 0.15) is 0 Å². The smallest absolute Gasteiger partial charge is 0.193 e. The standard InChI is InChI=1S/C13H21N3O/c1-13(2,3)16-12(14)15-11-7-5-10(6-8-11)9-17-4/h5-8H,9H2,1-4H3,(H3,14,15,16). The fourth-order valence-electron chi connectivity index (χ4n) is 1.39. The van der Waals surface area contributed by atoms with Gasteiger partial charge in [0, 0.05) is 12.8 Å². The molecule has 1 aromatic carbocycles. The Morgan fingerprint density at radius 3 is 2.35 bits per heavy atom. The molecule has 17 heavy (non-hydrogen) atoms. The Balaban J connectivity index is 2.66. The van der Waals surface area contributed by atoms with Crippen LogP contribution in [0, 0.1) is 0 Å². The van der Waals surface area contributed by atoms with Crippen molar-refractivity contribution in [2.75, 3.05) is 12.4 Å². The molecule has 1 rings (SSSR count). The van der Waals surface area contributed by atoms with Crippen LogP contribution in [0.5, 0.6) is 0 Å². The Bertz CT molecular complexity index is 377. The van der Waals surface area contributed by atoms with Gasteiger partial charge in [-0.3, -0.25) is 0 Å². The van der Waals surface area contributed by atoms with Gasteiger partial charge >= 0.3 is 0 Å². The molecule has 0 aliphatic heterocycles. The van der Waals surface area contributed by atoms with E-state index in [2.05, 4.69) is 10.3 Å². The maximum Gasteiger partial charge on any atom is 0.193 e. The van der Waals surface area contributed by atoms with Crippen LogP contribution < -0.4 is 11.1 Å². The number of rotatable bonds is 3. The maximum absolute atomic E-state index is 5.80. The summed E-state index contributed by atoms with van der Waals surface area (Å²) in [6.07, 6.45) is 0. The van der Waals surface area contributed by atoms with Gasteiger partial charge in [-0.1, -0.05) is 12.1 Å². The molecule has 0 atom stereocenters. The fraction of sp³-hybridized carbons (Fsp3) is 0.462. The fourth-order valence-corrected chi connectivity index (χ4v) is 1.39. The van der Waals surface area contributed by atoms with E-state index in [9.17, 15) is 0 Å². The van der Waals surface area contributed by atoms with Crippen LogP contribution in [0.1, 0.15) is 26.3 Å². The summed E-state index contributed by atoms with van der Waals surface area (Å²) in [6.45, 7) is 6.63. The second kappa shape index (κ2) is 5.68. The molecule has 94 valence electrons. The summed E-state index contributed by atoms with van der Waals surface area (Å²) < 4.78 is 5.05. The third-order valence-electron chi connectivity index (χ3n) is 1.99. The summed E-state index contributed by atoms with van der Waals surface area (Å²) in [6, 6.07) is 7.91. The Hall–Kier alpha value is -1.55. The van der Waals surface area contributed by atoms with E-state index < -0.39 is 0 Å². The number of aliphatic imine (C=N–C) groups is 1. The van der Waals surface area contributed by atoms with Gasteiger partial charge in [-0.05, 0) is 38.5 Å². The van der Waals surface area contributed by atoms with Crippen molar-refractivity contribution >= 4 is 11.6 Å². The molecule has 0 fully saturated rings. The number of nitrogens with zero attached hydrogens (tertiary/aromatic N) is 1. The van der Waals surface area contributed by atoms with Crippen LogP contribution in [0.25, 0.3) is 0 Å². The molecule has 0 aliphatic rings. The Morgan fingerprint density at radius 1 is 1.29 bits per heavy atom. The largest absolute Gasteiger partial charge is 0.380 e. The Morgan fingerprint density at radius 2 is 1.88 bits per heavy atom. The normalized spacial score (nSPS) is 12.6. The summed E-state index contributed by atoms with van der Waals surface area (Å²) in [5.41, 5.74) is 7.68. The van der Waals surface area contributed by atoms with Crippen molar-refractivity contribution in [2.45, 2.75) is 32.9 Å². The van der Waals surface area contributed by atoms with Gasteiger partial charge in [-0.15, -0.1) is 0 Å². The summed E-state index contributed by atoms with van der Waals surface area (Å²) >= 11 is 0. The van der Waals surface area contributed by atoms with Crippen molar-refractivity contribution in [2.24, 2.45) is 10.7 Å². The van der Waals surface area contributed by atoms with Crippen molar-refractivity contribution in [1.82, 2.24) is 0 Å². The molecule has 0 radical (unpaired) electrons. The first-order chi connectivity index (χ1) is 7.90. The molecule has 0 amide bonds. The number of nitrogens with two attached hydrogens (primary N) is 1. The van der Waals surface area contributed by atoms with Crippen LogP contribution in [0.3, 0.4) is 0 Å². The topological polar surface area (TPSA) is 59.6 Å². The van der Waals surface area contributed by atoms with Crippen LogP contribution in [-0.4, -0.2) is 18.6 Å². The van der Waals surface area contributed by atoms with E-state index in [1.165, 1.54) is 0 Å². The second-order valence-electron chi connectivity index (χ2n) is 4.92. The molecular weight excluding hydrogens is 214 g/mol. The van der Waals surface area contributed by atoms with Gasteiger partial charge < -0.3 is 15.8 Å². The van der Waals surface area contributed by atoms with Crippen LogP contribution in [0.4, 0.5) is 5.69 Å². The third-order valence-corrected chi connectivity index (χ3v) is 1.99. The zero-order valence-electron chi connectivity index (χ0n) is 10.9. The van der Waals surface area contributed by atoms with Crippen molar-refractivity contribution in [3.63, 3.8) is 0 Å². The number of hydrogen-bond acceptors (Lipinski definition) is 2. The Kier molecular flexibility index (Phi) is 4.52. The minimum absolute atomic E-state index is 0.174. The van der Waals surface area contributed by atoms with Crippen LogP contribution in [0.15, 0.2) is 29.3 Å². The van der Waals surface area contributed by atoms with Gasteiger partial charge in [0.05, 0.1) is 12.1 Å². The van der Waals surface area contributed by atoms with E-state index in [0.29, 0.717) is 12.6 Å². The van der Waals surface area contributed by atoms with Crippen LogP contribution in [-0.2, 0) is 11.3 Å². The van der Waals surface area contributed by atoms with Crippen LogP contribution >= 0.6 is 0 Å². The molecule has 4 heteroatoms. The van der Waals surface area contributed by atoms with E-state index >= 15 is 0 Å². The summed E-state index contributed by atoms with van der Waals surface area (Å²) in [7, 11) is 1.68. The Labute approximate surface area is 103 Å². The van der Waals surface area contributed by atoms with E-state index in [4.69, 9.17) is 10.5 Å². The van der Waals surface area contributed by atoms with E-state index in [1.54, 1.807) is 7.11 Å². The molecule has 0 aromatic heterocycles. The first-order valence-electron chi connectivity index (χ1n) is 5.61. The average Bonchev–Trinajstić information content (AvgIpc) is 2.18. The first-order valence-corrected chi connectivity index (χ1v) is 5.61. The van der Waals surface area contributed by atoms with E-state index in [-0.39, 0.29) is 5.54 Å². The predicted molar refractivity (Wildman–Crippen MR) is 72.2 cm³/mol. The number of benzene rings is 1. The quantitative estimate of drug-likeness (QED) is 0.624. The number of anilines is 1. The third kappa shape index (κ3) is 5.36. The molecule has 4 nitrogen and oxygen atoms in total. The van der Waals surface area contributed by atoms with Crippen molar-refractivity contribution in [3.8, 4) is 0 Å². The van der Waals surface area contributed by atoms with Crippen molar-refractivity contribution in [3.05, 3.63) is 29.8 Å². The molecule has 0 bridgehead atoms. The van der Waals surface area contributed by atoms with Gasteiger partial charge in [0.2, 0.25) is 0 Å². The van der Waals surface area contributed by atoms with Gasteiger partial charge in [0.25, 0.3) is 0 Å². The molecule has 0 saturated heterocycles. The van der Waals surface area contributed by atoms with Crippen molar-refractivity contribution in [1.29, 1.82) is 0 Å². The highest BCUT2D eigenvalue weighted by molar-refractivity contribution is 5.92. The van der Waals surface area contributed by atoms with Crippen LogP contribution in [0.2, 0.25) is 0 Å². The van der Waals surface area contributed by atoms with E-state index in [1.807, 2.05) is 45.0 Å². The van der Waals surface area contributed by atoms with Crippen molar-refractivity contribution < 1.29 is 4.74 Å². The summed E-state index contributed by atoms with van der Waals surface area (Å²) in [4.78, 5) is 4.32. The molecule has 1 aromatic rings. The molecular formula is C13H21N3O. The zero-order valence-corrected chi connectivity index (χ0v) is 10.9. The first kappa shape index (κ1) is 13.5. The lowest BCUT2D eigenvalue weighted by Crippen LogP contribution is -2.27. The average molecular weight is 235 g/mol. The maximum atomic E-state index is 5.80. The highest BCUT2D eigenvalue weighted by atomic mass is 16.5. The SMILES string of the molecule is COCc1ccc(NC(N)=NC(C)(C)C)cc1. The molecule has 0 unspecified atom stereocenters. The lowest BCUT2D eigenvalue weighted by atomic mass is 10.1. The molecule has 0 saturated carbocycles. The van der Waals surface area contributed by atoms with Gasteiger partial charge in [0.15, 0.2) is 5.96 Å². The zero-order chi connectivity index (χ0) is 12.9. The second-order valence-corrected chi connectivity index (χ2v) is 4.92. The molecule has 0 aliphatic carbocycles. The number of hydrogen-bond donors (Lipinski definition) is 2. The number of nitrogens with one attached hydrogen (secondary N) is 1.